The van der Waals surface area contributed by atoms with Gasteiger partial charge in [-0.3, -0.25) is 9.36 Å². The van der Waals surface area contributed by atoms with Crippen LogP contribution in [0.1, 0.15) is 32.6 Å². The zero-order valence-corrected chi connectivity index (χ0v) is 19.1. The number of pyridine rings is 1. The normalized spacial score (nSPS) is 17.9. The first-order valence-corrected chi connectivity index (χ1v) is 11.5. The molecule has 3 N–H and O–H groups in total. The van der Waals surface area contributed by atoms with Gasteiger partial charge < -0.3 is 20.1 Å². The molecule has 2 heterocycles. The Morgan fingerprint density at radius 2 is 1.79 bits per heavy atom. The maximum absolute atomic E-state index is 13.1. The molecule has 0 atom stereocenters. The van der Waals surface area contributed by atoms with E-state index in [1.807, 2.05) is 0 Å². The minimum atomic E-state index is -0.704. The van der Waals surface area contributed by atoms with Crippen LogP contribution in [0.5, 0.6) is 11.5 Å². The molecule has 1 saturated carbocycles. The van der Waals surface area contributed by atoms with E-state index in [-0.39, 0.29) is 24.7 Å². The van der Waals surface area contributed by atoms with E-state index < -0.39 is 11.4 Å². The lowest BCUT2D eigenvalue weighted by Gasteiger charge is -2.27. The van der Waals surface area contributed by atoms with Crippen LogP contribution in [0.15, 0.2) is 57.0 Å². The van der Waals surface area contributed by atoms with Crippen LogP contribution in [0.3, 0.4) is 0 Å². The molecule has 1 aliphatic rings. The summed E-state index contributed by atoms with van der Waals surface area (Å²) in [6.07, 6.45) is 5.76. The van der Waals surface area contributed by atoms with Crippen LogP contribution in [-0.4, -0.2) is 30.8 Å². The predicted octanol–water partition coefficient (Wildman–Crippen LogP) is 2.45. The Labute approximate surface area is 195 Å². The Morgan fingerprint density at radius 3 is 2.47 bits per heavy atom. The first kappa shape index (κ1) is 23.5. The van der Waals surface area contributed by atoms with Gasteiger partial charge >= 0.3 is 11.4 Å². The molecule has 1 aromatic carbocycles. The fraction of sp³-hybridized carbons (Fsp3) is 0.417. The van der Waals surface area contributed by atoms with Gasteiger partial charge in [-0.15, -0.1) is 0 Å². The molecule has 34 heavy (non-hydrogen) atoms. The second-order valence-electron chi connectivity index (χ2n) is 8.75. The second-order valence-corrected chi connectivity index (χ2v) is 8.75. The number of H-pyrrole nitrogens is 1. The Hall–Kier alpha value is -3.66. The van der Waals surface area contributed by atoms with Gasteiger partial charge in [0.2, 0.25) is 5.95 Å². The van der Waals surface area contributed by atoms with Gasteiger partial charge in [0.25, 0.3) is 5.56 Å². The lowest BCUT2D eigenvalue weighted by Crippen LogP contribution is -2.44. The number of nitrogens with one attached hydrogen (secondary N) is 2. The molecule has 0 unspecified atom stereocenters. The summed E-state index contributed by atoms with van der Waals surface area (Å²) in [7, 11) is 0. The van der Waals surface area contributed by atoms with Crippen molar-refractivity contribution in [2.75, 3.05) is 11.9 Å². The molecule has 4 rings (SSSR count). The quantitative estimate of drug-likeness (QED) is 0.464. The highest BCUT2D eigenvalue weighted by molar-refractivity contribution is 5.55. The third-order valence-electron chi connectivity index (χ3n) is 6.14. The highest BCUT2D eigenvalue weighted by Crippen LogP contribution is 2.30. The van der Waals surface area contributed by atoms with Crippen LogP contribution in [0, 0.1) is 11.8 Å². The Balaban J connectivity index is 1.58. The van der Waals surface area contributed by atoms with Gasteiger partial charge in [-0.05, 0) is 55.0 Å². The number of ether oxygens (including phenoxy) is 1. The van der Waals surface area contributed by atoms with Crippen molar-refractivity contribution in [2.45, 2.75) is 45.7 Å². The number of benzene rings is 1. The van der Waals surface area contributed by atoms with Crippen LogP contribution in [0.2, 0.25) is 0 Å². The van der Waals surface area contributed by atoms with E-state index in [4.69, 9.17) is 4.74 Å². The number of hydrogen-bond acceptors (Lipinski definition) is 7. The fourth-order valence-electron chi connectivity index (χ4n) is 4.21. The number of aliphatic hydroxyl groups is 1. The summed E-state index contributed by atoms with van der Waals surface area (Å²) in [4.78, 5) is 43.6. The zero-order valence-electron chi connectivity index (χ0n) is 19.1. The summed E-state index contributed by atoms with van der Waals surface area (Å²) in [5.74, 6) is 2.11. The van der Waals surface area contributed by atoms with Crippen LogP contribution < -0.4 is 27.0 Å². The summed E-state index contributed by atoms with van der Waals surface area (Å²) in [5.41, 5.74) is -0.826. The van der Waals surface area contributed by atoms with Gasteiger partial charge in [-0.1, -0.05) is 19.8 Å². The number of aliphatic hydroxyl groups excluding tert-OH is 1. The van der Waals surface area contributed by atoms with Crippen molar-refractivity contribution < 1.29 is 9.84 Å². The highest BCUT2D eigenvalue weighted by atomic mass is 16.5. The number of nitrogens with zero attached hydrogens (tertiary/aromatic N) is 3. The molecule has 0 bridgehead atoms. The lowest BCUT2D eigenvalue weighted by atomic mass is 9.83. The summed E-state index contributed by atoms with van der Waals surface area (Å²) < 4.78 is 8.15. The predicted molar refractivity (Wildman–Crippen MR) is 128 cm³/mol. The van der Waals surface area contributed by atoms with Crippen molar-refractivity contribution >= 4 is 11.6 Å². The standard InChI is InChI=1S/C24H29N5O5/c1-16-2-4-17(5-3-16)15-29-22(27-23(32)28(12-13-30)24(29)33)26-18-6-8-19(9-7-18)34-20-10-11-25-21(31)14-20/h6-11,14,16-17,30H,2-5,12-13,15H2,1H3,(H,25,31)(H,26,27,32). The Bertz CT molecular complexity index is 1290. The zero-order chi connectivity index (χ0) is 24.1. The molecule has 3 aromatic rings. The number of aromatic amines is 1. The molecule has 1 aliphatic carbocycles. The smallest absolute Gasteiger partial charge is 0.355 e. The van der Waals surface area contributed by atoms with Crippen molar-refractivity contribution in [1.29, 1.82) is 0 Å². The van der Waals surface area contributed by atoms with Crippen LogP contribution in [0.4, 0.5) is 11.6 Å². The summed E-state index contributed by atoms with van der Waals surface area (Å²) >= 11 is 0. The number of rotatable bonds is 8. The molecule has 0 spiro atoms. The van der Waals surface area contributed by atoms with Crippen molar-refractivity contribution in [3.8, 4) is 11.5 Å². The molecule has 2 aromatic heterocycles. The van der Waals surface area contributed by atoms with E-state index in [2.05, 4.69) is 22.2 Å². The first-order valence-electron chi connectivity index (χ1n) is 11.5. The van der Waals surface area contributed by atoms with Gasteiger partial charge in [0, 0.05) is 24.5 Å². The third-order valence-corrected chi connectivity index (χ3v) is 6.14. The maximum atomic E-state index is 13.1. The highest BCUT2D eigenvalue weighted by Gasteiger charge is 2.22. The Kier molecular flexibility index (Phi) is 7.27. The third kappa shape index (κ3) is 5.63. The van der Waals surface area contributed by atoms with Crippen molar-refractivity contribution in [2.24, 2.45) is 11.8 Å². The number of anilines is 2. The van der Waals surface area contributed by atoms with E-state index in [9.17, 15) is 19.5 Å². The molecule has 10 nitrogen and oxygen atoms in total. The molecule has 0 aliphatic heterocycles. The van der Waals surface area contributed by atoms with Crippen LogP contribution in [-0.2, 0) is 13.1 Å². The molecule has 10 heteroatoms. The van der Waals surface area contributed by atoms with Crippen LogP contribution >= 0.6 is 0 Å². The minimum absolute atomic E-state index is 0.0962. The Morgan fingerprint density at radius 1 is 1.06 bits per heavy atom. The maximum Gasteiger partial charge on any atom is 0.355 e. The average molecular weight is 468 g/mol. The van der Waals surface area contributed by atoms with Gasteiger partial charge in [0.1, 0.15) is 11.5 Å². The van der Waals surface area contributed by atoms with Crippen molar-refractivity contribution in [3.63, 3.8) is 0 Å². The van der Waals surface area contributed by atoms with E-state index in [1.165, 1.54) is 16.8 Å². The van der Waals surface area contributed by atoms with Gasteiger partial charge in [0.05, 0.1) is 13.2 Å². The van der Waals surface area contributed by atoms with E-state index in [0.29, 0.717) is 35.6 Å². The second kappa shape index (κ2) is 10.5. The summed E-state index contributed by atoms with van der Waals surface area (Å²) in [6.45, 7) is 2.28. The number of hydrogen-bond donors (Lipinski definition) is 3. The summed E-state index contributed by atoms with van der Waals surface area (Å²) in [5, 5.41) is 12.4. The molecule has 1 fully saturated rings. The minimum Gasteiger partial charge on any atom is -0.457 e. The van der Waals surface area contributed by atoms with E-state index in [0.717, 1.165) is 30.3 Å². The van der Waals surface area contributed by atoms with Crippen molar-refractivity contribution in [3.05, 3.63) is 73.9 Å². The molecule has 0 saturated heterocycles. The van der Waals surface area contributed by atoms with Crippen molar-refractivity contribution in [1.82, 2.24) is 19.1 Å². The van der Waals surface area contributed by atoms with Gasteiger partial charge in [-0.25, -0.2) is 14.2 Å². The molecule has 0 radical (unpaired) electrons. The molecular formula is C24H29N5O5. The average Bonchev–Trinajstić information content (AvgIpc) is 2.82. The monoisotopic (exact) mass is 467 g/mol. The lowest BCUT2D eigenvalue weighted by molar-refractivity contribution is 0.252. The molecular weight excluding hydrogens is 438 g/mol. The largest absolute Gasteiger partial charge is 0.457 e. The van der Waals surface area contributed by atoms with Gasteiger partial charge in [0.15, 0.2) is 0 Å². The first-order chi connectivity index (χ1) is 16.4. The summed E-state index contributed by atoms with van der Waals surface area (Å²) in [6, 6.07) is 9.88. The molecule has 180 valence electrons. The fourth-order valence-corrected chi connectivity index (χ4v) is 4.21. The van der Waals surface area contributed by atoms with E-state index >= 15 is 0 Å². The topological polar surface area (TPSA) is 131 Å². The van der Waals surface area contributed by atoms with Gasteiger partial charge in [-0.2, -0.15) is 4.98 Å². The SMILES string of the molecule is CC1CCC(Cn2c(Nc3ccc(Oc4cc[nH]c(=O)c4)cc3)nc(=O)n(CCO)c2=O)CC1. The van der Waals surface area contributed by atoms with Crippen LogP contribution in [0.25, 0.3) is 0 Å². The number of aromatic nitrogens is 4. The molecule has 0 amide bonds. The van der Waals surface area contributed by atoms with E-state index in [1.54, 1.807) is 30.3 Å².